The van der Waals surface area contributed by atoms with Crippen LogP contribution in [-0.2, 0) is 0 Å². The molecule has 1 N–H and O–H groups in total. The lowest BCUT2D eigenvalue weighted by molar-refractivity contribution is -0.379. The Hall–Kier alpha value is -1.32. The molecule has 0 radical (unpaired) electrons. The molecule has 0 saturated heterocycles. The van der Waals surface area contributed by atoms with Gasteiger partial charge in [-0.25, -0.2) is 8.78 Å². The summed E-state index contributed by atoms with van der Waals surface area (Å²) in [4.78, 5) is 0. The molecule has 0 amide bonds. The van der Waals surface area contributed by atoms with Crippen molar-refractivity contribution in [2.45, 2.75) is 0 Å². The van der Waals surface area contributed by atoms with Gasteiger partial charge in [0.05, 0.1) is 0 Å². The zero-order valence-electron chi connectivity index (χ0n) is 4.94. The van der Waals surface area contributed by atoms with Crippen LogP contribution in [0.5, 0.6) is 0 Å². The Bertz CT molecular complexity index is 260. The molecule has 0 spiro atoms. The van der Waals surface area contributed by atoms with Gasteiger partial charge in [0.15, 0.2) is 17.3 Å². The summed E-state index contributed by atoms with van der Waals surface area (Å²) in [5, 5.41) is 1.69. The van der Waals surface area contributed by atoms with E-state index in [1.165, 1.54) is 6.07 Å². The molecule has 0 saturated carbocycles. The van der Waals surface area contributed by atoms with E-state index in [1.54, 1.807) is 5.11 Å². The smallest absolute Gasteiger partial charge is 0.195 e. The van der Waals surface area contributed by atoms with Gasteiger partial charge in [-0.1, -0.05) is 0 Å². The first kappa shape index (κ1) is 6.80. The molecule has 0 unspecified atom stereocenters. The van der Waals surface area contributed by atoms with Crippen molar-refractivity contribution < 1.29 is 13.9 Å². The van der Waals surface area contributed by atoms with E-state index in [-0.39, 0.29) is 5.69 Å². The second-order valence-electron chi connectivity index (χ2n) is 1.74. The molecule has 1 aromatic rings. The molecule has 0 fully saturated rings. The SMILES string of the molecule is [N-]=[NH+]c1ccc(F)c(F)c1. The number of benzene rings is 1. The fraction of sp³-hybridized carbons (Fsp3) is 0. The van der Waals surface area contributed by atoms with Crippen LogP contribution in [0.1, 0.15) is 0 Å². The Kier molecular flexibility index (Phi) is 1.71. The Morgan fingerprint density at radius 1 is 1.20 bits per heavy atom. The molecular formula is C6H4F2N2. The number of rotatable bonds is 1. The van der Waals surface area contributed by atoms with Gasteiger partial charge in [-0.15, -0.1) is 0 Å². The number of halogens is 2. The number of hydrogen-bond donors (Lipinski definition) is 1. The molecule has 1 aromatic carbocycles. The highest BCUT2D eigenvalue weighted by atomic mass is 19.2. The van der Waals surface area contributed by atoms with E-state index in [0.29, 0.717) is 0 Å². The van der Waals surface area contributed by atoms with Gasteiger partial charge < -0.3 is 5.53 Å². The summed E-state index contributed by atoms with van der Waals surface area (Å²) >= 11 is 0. The van der Waals surface area contributed by atoms with Gasteiger partial charge in [-0.3, -0.25) is 5.11 Å². The van der Waals surface area contributed by atoms with Crippen molar-refractivity contribution >= 4 is 5.69 Å². The highest BCUT2D eigenvalue weighted by Crippen LogP contribution is 2.07. The molecule has 0 aromatic heterocycles. The lowest BCUT2D eigenvalue weighted by Crippen LogP contribution is -2.54. The van der Waals surface area contributed by atoms with Gasteiger partial charge in [-0.05, 0) is 6.07 Å². The second kappa shape index (κ2) is 2.51. The van der Waals surface area contributed by atoms with Crippen LogP contribution in [0.15, 0.2) is 18.2 Å². The summed E-state index contributed by atoms with van der Waals surface area (Å²) < 4.78 is 24.4. The number of nitrogens with one attached hydrogen (secondary N) is 1. The number of nitrogens with zero attached hydrogens (tertiary/aromatic N) is 1. The average Bonchev–Trinajstić information content (AvgIpc) is 1.95. The Morgan fingerprint density at radius 2 is 1.90 bits per heavy atom. The van der Waals surface area contributed by atoms with Gasteiger partial charge in [0.25, 0.3) is 0 Å². The van der Waals surface area contributed by atoms with Crippen molar-refractivity contribution in [3.05, 3.63) is 35.4 Å². The zero-order chi connectivity index (χ0) is 7.56. The molecule has 4 heteroatoms. The highest BCUT2D eigenvalue weighted by molar-refractivity contribution is 5.28. The van der Waals surface area contributed by atoms with Crippen molar-refractivity contribution in [1.82, 2.24) is 0 Å². The molecule has 10 heavy (non-hydrogen) atoms. The van der Waals surface area contributed by atoms with Gasteiger partial charge >= 0.3 is 0 Å². The predicted molar refractivity (Wildman–Crippen MR) is 30.3 cm³/mol. The predicted octanol–water partition coefficient (Wildman–Crippen LogP) is 0.698. The fourth-order valence-electron chi connectivity index (χ4n) is 0.566. The normalized spacial score (nSPS) is 9.40. The highest BCUT2D eigenvalue weighted by Gasteiger charge is 2.01. The maximum atomic E-state index is 12.2. The van der Waals surface area contributed by atoms with E-state index >= 15 is 0 Å². The van der Waals surface area contributed by atoms with Crippen molar-refractivity contribution in [3.63, 3.8) is 0 Å². The summed E-state index contributed by atoms with van der Waals surface area (Å²) in [6, 6.07) is 3.00. The standard InChI is InChI=1S/C6H4F2N2/c7-5-2-1-4(10-9)3-6(5)8/h1-3,10H. The van der Waals surface area contributed by atoms with E-state index in [2.05, 4.69) is 0 Å². The number of hydrogen-bond acceptors (Lipinski definition) is 0. The summed E-state index contributed by atoms with van der Waals surface area (Å²) in [6.07, 6.45) is 0. The zero-order valence-corrected chi connectivity index (χ0v) is 4.94. The summed E-state index contributed by atoms with van der Waals surface area (Å²) in [6.45, 7) is 0. The topological polar surface area (TPSA) is 36.3 Å². The second-order valence-corrected chi connectivity index (χ2v) is 1.74. The molecule has 0 aliphatic heterocycles. The van der Waals surface area contributed by atoms with E-state index in [0.717, 1.165) is 12.1 Å². The molecule has 1 rings (SSSR count). The van der Waals surface area contributed by atoms with Crippen LogP contribution in [0, 0.1) is 11.6 Å². The molecule has 0 aliphatic rings. The van der Waals surface area contributed by atoms with Crippen LogP contribution in [0.3, 0.4) is 0 Å². The van der Waals surface area contributed by atoms with Gasteiger partial charge in [0.2, 0.25) is 0 Å². The quantitative estimate of drug-likeness (QED) is 0.560. The summed E-state index contributed by atoms with van der Waals surface area (Å²) in [7, 11) is 0. The van der Waals surface area contributed by atoms with Crippen LogP contribution in [-0.4, -0.2) is 0 Å². The fourth-order valence-corrected chi connectivity index (χ4v) is 0.566. The largest absolute Gasteiger partial charge is 0.502 e. The maximum Gasteiger partial charge on any atom is 0.195 e. The minimum Gasteiger partial charge on any atom is -0.502 e. The Morgan fingerprint density at radius 3 is 2.40 bits per heavy atom. The third-order valence-corrected chi connectivity index (χ3v) is 1.05. The van der Waals surface area contributed by atoms with Gasteiger partial charge in [0, 0.05) is 12.1 Å². The van der Waals surface area contributed by atoms with Crippen molar-refractivity contribution in [3.8, 4) is 0 Å². The Balaban J connectivity index is 3.16. The van der Waals surface area contributed by atoms with Crippen LogP contribution >= 0.6 is 0 Å². The minimum atomic E-state index is -0.987. The molecule has 0 atom stereocenters. The first-order chi connectivity index (χ1) is 4.74. The monoisotopic (exact) mass is 142 g/mol. The van der Waals surface area contributed by atoms with Crippen molar-refractivity contribution in [2.75, 3.05) is 0 Å². The lowest BCUT2D eigenvalue weighted by Gasteiger charge is -1.90. The van der Waals surface area contributed by atoms with Gasteiger partial charge in [0.1, 0.15) is 0 Å². The lowest BCUT2D eigenvalue weighted by atomic mass is 10.3. The summed E-state index contributed by atoms with van der Waals surface area (Å²) in [5.41, 5.74) is 8.34. The van der Waals surface area contributed by atoms with E-state index in [1.807, 2.05) is 0 Å². The molecule has 52 valence electrons. The minimum absolute atomic E-state index is 0.124. The Labute approximate surface area is 56.0 Å². The van der Waals surface area contributed by atoms with Crippen LogP contribution in [0.4, 0.5) is 14.5 Å². The van der Waals surface area contributed by atoms with Crippen molar-refractivity contribution in [2.24, 2.45) is 0 Å². The van der Waals surface area contributed by atoms with E-state index in [4.69, 9.17) is 5.53 Å². The van der Waals surface area contributed by atoms with Crippen LogP contribution in [0.25, 0.3) is 5.53 Å². The molecule has 0 aliphatic carbocycles. The molecule has 2 nitrogen and oxygen atoms in total. The van der Waals surface area contributed by atoms with E-state index < -0.39 is 11.6 Å². The average molecular weight is 142 g/mol. The van der Waals surface area contributed by atoms with Crippen LogP contribution in [0.2, 0.25) is 0 Å². The third kappa shape index (κ3) is 1.15. The molecular weight excluding hydrogens is 138 g/mol. The maximum absolute atomic E-state index is 12.2. The van der Waals surface area contributed by atoms with Gasteiger partial charge in [-0.2, -0.15) is 0 Å². The third-order valence-electron chi connectivity index (χ3n) is 1.05. The first-order valence-electron chi connectivity index (χ1n) is 2.59. The molecule has 0 heterocycles. The first-order valence-corrected chi connectivity index (χ1v) is 2.59. The summed E-state index contributed by atoms with van der Waals surface area (Å²) in [5.74, 6) is -1.92. The van der Waals surface area contributed by atoms with Crippen molar-refractivity contribution in [1.29, 1.82) is 0 Å². The van der Waals surface area contributed by atoms with Crippen LogP contribution < -0.4 is 5.11 Å². The van der Waals surface area contributed by atoms with E-state index in [9.17, 15) is 8.78 Å². The molecule has 0 bridgehead atoms.